The molecule has 3 rings (SSSR count). The predicted molar refractivity (Wildman–Crippen MR) is 78.8 cm³/mol. The molecular weight excluding hydrogens is 254 g/mol. The molecule has 0 spiro atoms. The Hall–Kier alpha value is -2.56. The molecule has 1 aliphatic rings. The second kappa shape index (κ2) is 7.13. The van der Waals surface area contributed by atoms with Crippen molar-refractivity contribution in [2.45, 2.75) is 12.5 Å². The largest absolute Gasteiger partial charge is 0.483 e. The Balaban J connectivity index is 0.000000452. The minimum Gasteiger partial charge on any atom is -0.483 e. The van der Waals surface area contributed by atoms with Gasteiger partial charge in [-0.25, -0.2) is 4.98 Å². The molecule has 20 heavy (non-hydrogen) atoms. The van der Waals surface area contributed by atoms with Crippen molar-refractivity contribution in [3.63, 3.8) is 0 Å². The number of pyridine rings is 1. The topological polar surface area (TPSA) is 74.2 Å². The Morgan fingerprint density at radius 3 is 2.75 bits per heavy atom. The van der Waals surface area contributed by atoms with Crippen molar-refractivity contribution in [2.24, 2.45) is 0 Å². The molecule has 0 aliphatic carbocycles. The molecule has 2 aromatic rings. The van der Waals surface area contributed by atoms with E-state index in [2.05, 4.69) is 39.9 Å². The van der Waals surface area contributed by atoms with Gasteiger partial charge in [0.25, 0.3) is 6.47 Å². The van der Waals surface area contributed by atoms with Gasteiger partial charge in [0.1, 0.15) is 5.82 Å². The Morgan fingerprint density at radius 1 is 1.25 bits per heavy atom. The van der Waals surface area contributed by atoms with Crippen molar-refractivity contribution in [1.82, 2.24) is 4.98 Å². The number of hydrogen-bond acceptors (Lipinski definition) is 4. The fraction of sp³-hybridized carbons (Fsp3) is 0.200. The van der Waals surface area contributed by atoms with Gasteiger partial charge in [0.2, 0.25) is 0 Å². The van der Waals surface area contributed by atoms with Gasteiger partial charge in [0.05, 0.1) is 6.04 Å². The van der Waals surface area contributed by atoms with Crippen LogP contribution in [0, 0.1) is 0 Å². The van der Waals surface area contributed by atoms with E-state index in [1.165, 1.54) is 11.3 Å². The van der Waals surface area contributed by atoms with Gasteiger partial charge in [0, 0.05) is 18.4 Å². The average Bonchev–Trinajstić information content (AvgIpc) is 2.50. The minimum absolute atomic E-state index is 0.250. The molecule has 1 unspecified atom stereocenters. The molecule has 1 atom stereocenters. The summed E-state index contributed by atoms with van der Waals surface area (Å²) in [7, 11) is 0. The number of para-hydroxylation sites is 1. The van der Waals surface area contributed by atoms with Gasteiger partial charge in [-0.1, -0.05) is 24.3 Å². The number of carboxylic acid groups (broad SMARTS) is 1. The molecule has 3 N–H and O–H groups in total. The zero-order chi connectivity index (χ0) is 14.2. The normalized spacial score (nSPS) is 15.9. The summed E-state index contributed by atoms with van der Waals surface area (Å²) in [6.07, 6.45) is 2.89. The molecular formula is C15H17N3O2. The van der Waals surface area contributed by atoms with Gasteiger partial charge in [-0.3, -0.25) is 4.79 Å². The minimum atomic E-state index is -0.250. The Labute approximate surface area is 117 Å². The maximum Gasteiger partial charge on any atom is 0.290 e. The lowest BCUT2D eigenvalue weighted by Gasteiger charge is -2.27. The molecule has 2 heterocycles. The first kappa shape index (κ1) is 13.9. The molecule has 5 nitrogen and oxygen atoms in total. The van der Waals surface area contributed by atoms with Crippen molar-refractivity contribution in [2.75, 3.05) is 17.2 Å². The van der Waals surface area contributed by atoms with Crippen molar-refractivity contribution >= 4 is 18.0 Å². The van der Waals surface area contributed by atoms with E-state index in [1.807, 2.05) is 24.4 Å². The van der Waals surface area contributed by atoms with Crippen LogP contribution in [-0.4, -0.2) is 23.1 Å². The second-order valence-electron chi connectivity index (χ2n) is 4.32. The van der Waals surface area contributed by atoms with Gasteiger partial charge in [-0.15, -0.1) is 0 Å². The molecule has 104 valence electrons. The number of aromatic nitrogens is 1. The van der Waals surface area contributed by atoms with E-state index in [1.54, 1.807) is 0 Å². The molecule has 0 saturated heterocycles. The van der Waals surface area contributed by atoms with Crippen molar-refractivity contribution in [3.8, 4) is 0 Å². The van der Waals surface area contributed by atoms with Crippen LogP contribution in [0.5, 0.6) is 0 Å². The summed E-state index contributed by atoms with van der Waals surface area (Å²) in [6, 6.07) is 14.7. The van der Waals surface area contributed by atoms with Gasteiger partial charge in [-0.2, -0.15) is 0 Å². The predicted octanol–water partition coefficient (Wildman–Crippen LogP) is 2.75. The highest BCUT2D eigenvalue weighted by Gasteiger charge is 2.19. The molecule has 1 aromatic carbocycles. The van der Waals surface area contributed by atoms with E-state index in [9.17, 15) is 0 Å². The Morgan fingerprint density at radius 2 is 2.00 bits per heavy atom. The molecule has 0 fully saturated rings. The van der Waals surface area contributed by atoms with E-state index in [0.29, 0.717) is 6.04 Å². The third-order valence-electron chi connectivity index (χ3n) is 3.07. The monoisotopic (exact) mass is 271 g/mol. The SMILES string of the molecule is O=CO.c1ccc(NC2CCNc3ccccc32)nc1. The van der Waals surface area contributed by atoms with Crippen LogP contribution >= 0.6 is 0 Å². The van der Waals surface area contributed by atoms with Crippen molar-refractivity contribution in [1.29, 1.82) is 0 Å². The lowest BCUT2D eigenvalue weighted by Crippen LogP contribution is -2.22. The molecule has 0 saturated carbocycles. The van der Waals surface area contributed by atoms with Crippen molar-refractivity contribution < 1.29 is 9.90 Å². The fourth-order valence-corrected chi connectivity index (χ4v) is 2.25. The number of nitrogens with zero attached hydrogens (tertiary/aromatic N) is 1. The van der Waals surface area contributed by atoms with E-state index in [-0.39, 0.29) is 6.47 Å². The van der Waals surface area contributed by atoms with Crippen LogP contribution in [-0.2, 0) is 4.79 Å². The van der Waals surface area contributed by atoms with Gasteiger partial charge in [0.15, 0.2) is 0 Å². The molecule has 0 amide bonds. The lowest BCUT2D eigenvalue weighted by atomic mass is 9.98. The molecule has 1 aromatic heterocycles. The van der Waals surface area contributed by atoms with Crippen molar-refractivity contribution in [3.05, 3.63) is 54.2 Å². The van der Waals surface area contributed by atoms with Crippen LogP contribution < -0.4 is 10.6 Å². The summed E-state index contributed by atoms with van der Waals surface area (Å²) in [4.78, 5) is 12.7. The smallest absolute Gasteiger partial charge is 0.290 e. The molecule has 5 heteroatoms. The fourth-order valence-electron chi connectivity index (χ4n) is 2.25. The number of rotatable bonds is 2. The number of hydrogen-bond donors (Lipinski definition) is 3. The van der Waals surface area contributed by atoms with Crippen LogP contribution in [0.3, 0.4) is 0 Å². The second-order valence-corrected chi connectivity index (χ2v) is 4.32. The zero-order valence-electron chi connectivity index (χ0n) is 11.0. The van der Waals surface area contributed by atoms with Crippen LogP contribution in [0.1, 0.15) is 18.0 Å². The number of carbonyl (C=O) groups is 1. The van der Waals surface area contributed by atoms with Crippen LogP contribution in [0.4, 0.5) is 11.5 Å². The van der Waals surface area contributed by atoms with Gasteiger partial charge in [-0.05, 0) is 30.2 Å². The van der Waals surface area contributed by atoms with Crippen LogP contribution in [0.25, 0.3) is 0 Å². The Kier molecular flexibility index (Phi) is 4.94. The van der Waals surface area contributed by atoms with E-state index in [4.69, 9.17) is 9.90 Å². The highest BCUT2D eigenvalue weighted by atomic mass is 16.3. The third kappa shape index (κ3) is 3.47. The van der Waals surface area contributed by atoms with Gasteiger partial charge < -0.3 is 15.7 Å². The quantitative estimate of drug-likeness (QED) is 0.732. The highest BCUT2D eigenvalue weighted by molar-refractivity contribution is 5.56. The summed E-state index contributed by atoms with van der Waals surface area (Å²) < 4.78 is 0. The lowest BCUT2D eigenvalue weighted by molar-refractivity contribution is -0.122. The summed E-state index contributed by atoms with van der Waals surface area (Å²) in [5, 5.41) is 13.8. The maximum absolute atomic E-state index is 8.36. The number of nitrogens with one attached hydrogen (secondary N) is 2. The van der Waals surface area contributed by atoms with E-state index < -0.39 is 0 Å². The number of anilines is 2. The molecule has 1 aliphatic heterocycles. The summed E-state index contributed by atoms with van der Waals surface area (Å²) in [5.41, 5.74) is 2.55. The van der Waals surface area contributed by atoms with Crippen LogP contribution in [0.2, 0.25) is 0 Å². The first-order valence-corrected chi connectivity index (χ1v) is 6.43. The number of benzene rings is 1. The first-order valence-electron chi connectivity index (χ1n) is 6.43. The van der Waals surface area contributed by atoms with Gasteiger partial charge >= 0.3 is 0 Å². The Bertz CT molecular complexity index is 546. The van der Waals surface area contributed by atoms with E-state index in [0.717, 1.165) is 18.8 Å². The third-order valence-corrected chi connectivity index (χ3v) is 3.07. The summed E-state index contributed by atoms with van der Waals surface area (Å²) >= 11 is 0. The number of fused-ring (bicyclic) bond motifs is 1. The van der Waals surface area contributed by atoms with E-state index >= 15 is 0 Å². The summed E-state index contributed by atoms with van der Waals surface area (Å²) in [6.45, 7) is 0.752. The maximum atomic E-state index is 8.36. The standard InChI is InChI=1S/C14H15N3.CH2O2/c1-2-6-12-11(5-1)13(8-10-15-12)17-14-7-3-4-9-16-14;2-1-3/h1-7,9,13,15H,8,10H2,(H,16,17);1H,(H,2,3). The molecule has 0 radical (unpaired) electrons. The average molecular weight is 271 g/mol. The summed E-state index contributed by atoms with van der Waals surface area (Å²) in [5.74, 6) is 0.939. The van der Waals surface area contributed by atoms with Crippen LogP contribution in [0.15, 0.2) is 48.7 Å². The zero-order valence-corrected chi connectivity index (χ0v) is 11.0. The highest BCUT2D eigenvalue weighted by Crippen LogP contribution is 2.31. The first-order chi connectivity index (χ1) is 9.85. The molecule has 0 bridgehead atoms.